The summed E-state index contributed by atoms with van der Waals surface area (Å²) in [6, 6.07) is 4.76. The summed E-state index contributed by atoms with van der Waals surface area (Å²) in [6.45, 7) is 10.7. The predicted octanol–water partition coefficient (Wildman–Crippen LogP) is 2.12. The minimum Gasteiger partial charge on any atom is -0.383 e. The van der Waals surface area contributed by atoms with Crippen molar-refractivity contribution in [3.8, 4) is 0 Å². The molecule has 0 saturated heterocycles. The Morgan fingerprint density at radius 2 is 2.17 bits per heavy atom. The third kappa shape index (κ3) is 8.93. The van der Waals surface area contributed by atoms with E-state index in [2.05, 4.69) is 60.5 Å². The first kappa shape index (κ1) is 19.9. The van der Waals surface area contributed by atoms with Gasteiger partial charge in [-0.15, -0.1) is 11.3 Å². The van der Waals surface area contributed by atoms with E-state index in [9.17, 15) is 0 Å². The number of thiophene rings is 1. The number of nitrogens with one attached hydrogen (secondary N) is 2. The topological polar surface area (TPSA) is 48.9 Å². The number of ether oxygens (including phenoxy) is 1. The van der Waals surface area contributed by atoms with Crippen LogP contribution in [0.1, 0.15) is 23.6 Å². The van der Waals surface area contributed by atoms with Crippen LogP contribution in [0, 0.1) is 6.92 Å². The smallest absolute Gasteiger partial charge is 0.191 e. The van der Waals surface area contributed by atoms with E-state index in [4.69, 9.17) is 4.74 Å². The third-order valence-electron chi connectivity index (χ3n) is 3.46. The monoisotopic (exact) mass is 340 g/mol. The summed E-state index contributed by atoms with van der Waals surface area (Å²) in [5.41, 5.74) is 0. The Morgan fingerprint density at radius 1 is 1.39 bits per heavy atom. The van der Waals surface area contributed by atoms with Crippen molar-refractivity contribution in [2.45, 2.75) is 33.2 Å². The molecule has 0 fully saturated rings. The molecular formula is C17H32N4OS. The van der Waals surface area contributed by atoms with Gasteiger partial charge in [0, 0.05) is 49.0 Å². The largest absolute Gasteiger partial charge is 0.383 e. The molecule has 132 valence electrons. The van der Waals surface area contributed by atoms with Crippen LogP contribution in [0.3, 0.4) is 0 Å². The molecular weight excluding hydrogens is 308 g/mol. The molecule has 0 bridgehead atoms. The van der Waals surface area contributed by atoms with E-state index in [1.165, 1.54) is 9.75 Å². The van der Waals surface area contributed by atoms with Gasteiger partial charge in [-0.05, 0) is 40.0 Å². The van der Waals surface area contributed by atoms with Gasteiger partial charge in [-0.1, -0.05) is 0 Å². The molecule has 6 heteroatoms. The molecule has 23 heavy (non-hydrogen) atoms. The Balaban J connectivity index is 2.41. The highest BCUT2D eigenvalue weighted by atomic mass is 32.1. The number of guanidine groups is 1. The van der Waals surface area contributed by atoms with Gasteiger partial charge >= 0.3 is 0 Å². The Labute approximate surface area is 145 Å². The molecule has 1 unspecified atom stereocenters. The number of nitrogens with zero attached hydrogens (tertiary/aromatic N) is 2. The number of methoxy groups -OCH3 is 1. The van der Waals surface area contributed by atoms with Crippen molar-refractivity contribution >= 4 is 17.3 Å². The number of likely N-dealkylation sites (N-methyl/N-ethyl adjacent to an activating group) is 1. The first-order valence-corrected chi connectivity index (χ1v) is 9.14. The average molecular weight is 341 g/mol. The molecule has 1 atom stereocenters. The summed E-state index contributed by atoms with van der Waals surface area (Å²) in [5, 5.41) is 6.82. The fraction of sp³-hybridized carbons (Fsp3) is 0.706. The number of aliphatic imine (C=N–C) groups is 1. The van der Waals surface area contributed by atoms with Crippen LogP contribution in [0.25, 0.3) is 0 Å². The number of aryl methyl sites for hydroxylation is 1. The van der Waals surface area contributed by atoms with E-state index in [1.807, 2.05) is 11.3 Å². The maximum absolute atomic E-state index is 5.09. The zero-order chi connectivity index (χ0) is 17.1. The van der Waals surface area contributed by atoms with Crippen LogP contribution in [-0.2, 0) is 11.2 Å². The van der Waals surface area contributed by atoms with E-state index in [0.717, 1.165) is 45.2 Å². The van der Waals surface area contributed by atoms with Crippen molar-refractivity contribution in [3.63, 3.8) is 0 Å². The molecule has 1 heterocycles. The number of hydrogen-bond acceptors (Lipinski definition) is 4. The van der Waals surface area contributed by atoms with Gasteiger partial charge in [0.15, 0.2) is 5.96 Å². The van der Waals surface area contributed by atoms with E-state index in [-0.39, 0.29) is 0 Å². The first-order chi connectivity index (χ1) is 11.0. The highest BCUT2D eigenvalue weighted by Gasteiger charge is 2.08. The van der Waals surface area contributed by atoms with Gasteiger partial charge in [0.05, 0.1) is 13.2 Å². The van der Waals surface area contributed by atoms with Crippen molar-refractivity contribution in [3.05, 3.63) is 21.9 Å². The van der Waals surface area contributed by atoms with Gasteiger partial charge < -0.3 is 20.3 Å². The maximum atomic E-state index is 5.09. The van der Waals surface area contributed by atoms with Crippen LogP contribution in [0.2, 0.25) is 0 Å². The molecule has 0 aliphatic carbocycles. The molecule has 0 aromatic carbocycles. The summed E-state index contributed by atoms with van der Waals surface area (Å²) < 4.78 is 5.09. The van der Waals surface area contributed by atoms with Crippen molar-refractivity contribution in [2.75, 3.05) is 46.9 Å². The fourth-order valence-electron chi connectivity index (χ4n) is 2.19. The second-order valence-corrected chi connectivity index (χ2v) is 7.19. The first-order valence-electron chi connectivity index (χ1n) is 8.32. The number of hydrogen-bond donors (Lipinski definition) is 2. The molecule has 0 aliphatic rings. The number of rotatable bonds is 10. The third-order valence-corrected chi connectivity index (χ3v) is 4.48. The Bertz CT molecular complexity index is 461. The Morgan fingerprint density at radius 3 is 2.78 bits per heavy atom. The molecule has 1 rings (SSSR count). The molecule has 1 aromatic heterocycles. The zero-order valence-corrected chi connectivity index (χ0v) is 16.0. The molecule has 2 N–H and O–H groups in total. The standard InChI is InChI=1S/C17H32N4OS/c1-6-18-17(19-9-10-21(4)11-12-22-5)20-14(2)13-16-8-7-15(3)23-16/h7-8,14H,6,9-13H2,1-5H3,(H2,18,19,20). The Hall–Kier alpha value is -1.11. The molecule has 5 nitrogen and oxygen atoms in total. The molecule has 1 aromatic rings. The van der Waals surface area contributed by atoms with Gasteiger partial charge in [0.2, 0.25) is 0 Å². The van der Waals surface area contributed by atoms with Crippen LogP contribution in [0.4, 0.5) is 0 Å². The lowest BCUT2D eigenvalue weighted by molar-refractivity contribution is 0.163. The van der Waals surface area contributed by atoms with Crippen LogP contribution in [0.15, 0.2) is 17.1 Å². The summed E-state index contributed by atoms with van der Waals surface area (Å²) in [5.74, 6) is 0.897. The van der Waals surface area contributed by atoms with Crippen LogP contribution < -0.4 is 10.6 Å². The highest BCUT2D eigenvalue weighted by molar-refractivity contribution is 7.11. The van der Waals surface area contributed by atoms with E-state index >= 15 is 0 Å². The van der Waals surface area contributed by atoms with Crippen molar-refractivity contribution < 1.29 is 4.74 Å². The lowest BCUT2D eigenvalue weighted by Crippen LogP contribution is -2.43. The lowest BCUT2D eigenvalue weighted by atomic mass is 10.2. The summed E-state index contributed by atoms with van der Waals surface area (Å²) in [4.78, 5) is 9.68. The summed E-state index contributed by atoms with van der Waals surface area (Å²) in [6.07, 6.45) is 1.02. The molecule has 0 spiro atoms. The van der Waals surface area contributed by atoms with Crippen molar-refractivity contribution in [1.82, 2.24) is 15.5 Å². The second-order valence-electron chi connectivity index (χ2n) is 5.82. The molecule has 0 saturated carbocycles. The van der Waals surface area contributed by atoms with Crippen LogP contribution in [0.5, 0.6) is 0 Å². The maximum Gasteiger partial charge on any atom is 0.191 e. The Kier molecular flexibility index (Phi) is 9.91. The predicted molar refractivity (Wildman–Crippen MR) is 101 cm³/mol. The van der Waals surface area contributed by atoms with Gasteiger partial charge in [0.1, 0.15) is 0 Å². The van der Waals surface area contributed by atoms with E-state index < -0.39 is 0 Å². The molecule has 0 amide bonds. The zero-order valence-electron chi connectivity index (χ0n) is 15.2. The quantitative estimate of drug-likeness (QED) is 0.506. The van der Waals surface area contributed by atoms with Gasteiger partial charge in [-0.2, -0.15) is 0 Å². The van der Waals surface area contributed by atoms with Gasteiger partial charge in [0.25, 0.3) is 0 Å². The van der Waals surface area contributed by atoms with Crippen molar-refractivity contribution in [1.29, 1.82) is 0 Å². The SMILES string of the molecule is CCNC(=NCCN(C)CCOC)NC(C)Cc1ccc(C)s1. The van der Waals surface area contributed by atoms with Gasteiger partial charge in [-0.3, -0.25) is 4.99 Å². The average Bonchev–Trinajstić information content (AvgIpc) is 2.90. The molecule has 0 aliphatic heterocycles. The lowest BCUT2D eigenvalue weighted by Gasteiger charge is -2.18. The van der Waals surface area contributed by atoms with Gasteiger partial charge in [-0.25, -0.2) is 0 Å². The van der Waals surface area contributed by atoms with E-state index in [1.54, 1.807) is 7.11 Å². The van der Waals surface area contributed by atoms with Crippen LogP contribution in [-0.4, -0.2) is 63.8 Å². The minimum atomic E-state index is 0.358. The normalized spacial score (nSPS) is 13.4. The van der Waals surface area contributed by atoms with E-state index in [0.29, 0.717) is 6.04 Å². The second kappa shape index (κ2) is 11.4. The van der Waals surface area contributed by atoms with Crippen molar-refractivity contribution in [2.24, 2.45) is 4.99 Å². The summed E-state index contributed by atoms with van der Waals surface area (Å²) >= 11 is 1.87. The minimum absolute atomic E-state index is 0.358. The fourth-order valence-corrected chi connectivity index (χ4v) is 3.21. The summed E-state index contributed by atoms with van der Waals surface area (Å²) in [7, 11) is 3.83. The highest BCUT2D eigenvalue weighted by Crippen LogP contribution is 2.16. The van der Waals surface area contributed by atoms with Crippen LogP contribution >= 0.6 is 11.3 Å². The molecule has 0 radical (unpaired) electrons.